The number of hydrogen-bond acceptors (Lipinski definition) is 2. The summed E-state index contributed by atoms with van der Waals surface area (Å²) in [6, 6.07) is 1.36. The zero-order valence-electron chi connectivity index (χ0n) is 13.5. The normalized spacial score (nSPS) is 12.3. The molecule has 4 nitrogen and oxygen atoms in total. The Bertz CT molecular complexity index is 617. The average molecular weight is 381 g/mol. The molecule has 0 saturated carbocycles. The van der Waals surface area contributed by atoms with Crippen LogP contribution in [0.3, 0.4) is 0 Å². The number of hydrogen-bond donors (Lipinski definition) is 1. The molecule has 0 aromatic heterocycles. The first-order valence-electron chi connectivity index (χ1n) is 7.30. The number of benzene rings is 1. The number of carboxylic acid groups (broad SMARTS) is 1. The molecule has 0 aliphatic rings. The third-order valence-electron chi connectivity index (χ3n) is 3.60. The van der Waals surface area contributed by atoms with Crippen molar-refractivity contribution < 1.29 is 14.7 Å². The number of aliphatic carboxylic acids is 1. The summed E-state index contributed by atoms with van der Waals surface area (Å²) in [4.78, 5) is 24.6. The van der Waals surface area contributed by atoms with Crippen molar-refractivity contribution >= 4 is 52.4 Å². The van der Waals surface area contributed by atoms with Gasteiger partial charge >= 0.3 is 5.97 Å². The number of halogens is 3. The molecule has 0 bridgehead atoms. The van der Waals surface area contributed by atoms with Crippen LogP contribution in [0, 0.1) is 0 Å². The van der Waals surface area contributed by atoms with E-state index < -0.39 is 5.97 Å². The van der Waals surface area contributed by atoms with Crippen LogP contribution in [0.15, 0.2) is 6.07 Å². The number of anilines is 1. The highest BCUT2D eigenvalue weighted by Gasteiger charge is 2.28. The molecule has 0 aliphatic heterocycles. The van der Waals surface area contributed by atoms with Crippen molar-refractivity contribution in [3.8, 4) is 0 Å². The molecule has 0 saturated heterocycles. The van der Waals surface area contributed by atoms with Crippen LogP contribution in [0.1, 0.15) is 52.0 Å². The van der Waals surface area contributed by atoms with E-state index in [4.69, 9.17) is 39.9 Å². The smallest absolute Gasteiger partial charge is 0.303 e. The van der Waals surface area contributed by atoms with Crippen LogP contribution in [0.5, 0.6) is 0 Å². The summed E-state index contributed by atoms with van der Waals surface area (Å²) >= 11 is 19.0. The lowest BCUT2D eigenvalue weighted by Crippen LogP contribution is -2.35. The lowest BCUT2D eigenvalue weighted by atomic mass is 9.92. The number of carbonyl (C=O) groups excluding carboxylic acids is 1. The fourth-order valence-corrected chi connectivity index (χ4v) is 3.88. The van der Waals surface area contributed by atoms with Crippen LogP contribution in [-0.2, 0) is 9.59 Å². The van der Waals surface area contributed by atoms with Crippen molar-refractivity contribution in [1.82, 2.24) is 0 Å². The van der Waals surface area contributed by atoms with E-state index in [1.165, 1.54) is 17.9 Å². The van der Waals surface area contributed by atoms with Gasteiger partial charge in [-0.25, -0.2) is 0 Å². The van der Waals surface area contributed by atoms with E-state index in [0.717, 1.165) is 0 Å². The minimum atomic E-state index is -0.937. The molecule has 0 heterocycles. The van der Waals surface area contributed by atoms with Gasteiger partial charge in [-0.05, 0) is 37.8 Å². The van der Waals surface area contributed by atoms with Crippen LogP contribution >= 0.6 is 34.8 Å². The number of carbonyl (C=O) groups is 2. The topological polar surface area (TPSA) is 57.6 Å². The molecule has 1 aromatic carbocycles. The van der Waals surface area contributed by atoms with E-state index in [1.807, 2.05) is 20.8 Å². The summed E-state index contributed by atoms with van der Waals surface area (Å²) in [5.41, 5.74) is 0.892. The summed E-state index contributed by atoms with van der Waals surface area (Å²) in [6.07, 6.45) is 0.452. The van der Waals surface area contributed by atoms with Crippen molar-refractivity contribution in [2.75, 3.05) is 4.90 Å². The van der Waals surface area contributed by atoms with Crippen LogP contribution in [0.25, 0.3) is 0 Å². The van der Waals surface area contributed by atoms with Gasteiger partial charge in [0.15, 0.2) is 0 Å². The summed E-state index contributed by atoms with van der Waals surface area (Å²) in [6.45, 7) is 6.98. The van der Waals surface area contributed by atoms with Gasteiger partial charge in [0.1, 0.15) is 0 Å². The Morgan fingerprint density at radius 1 is 1.22 bits per heavy atom. The molecule has 0 fully saturated rings. The van der Waals surface area contributed by atoms with Crippen molar-refractivity contribution in [2.24, 2.45) is 0 Å². The maximum atomic E-state index is 12.0. The van der Waals surface area contributed by atoms with E-state index >= 15 is 0 Å². The molecule has 1 aromatic rings. The first kappa shape index (κ1) is 20.1. The molecule has 1 amide bonds. The van der Waals surface area contributed by atoms with Crippen LogP contribution in [0.4, 0.5) is 5.69 Å². The van der Waals surface area contributed by atoms with Gasteiger partial charge in [-0.3, -0.25) is 9.59 Å². The molecule has 1 unspecified atom stereocenters. The third kappa shape index (κ3) is 4.52. The quantitative estimate of drug-likeness (QED) is 0.721. The molecule has 128 valence electrons. The van der Waals surface area contributed by atoms with Gasteiger partial charge in [0.2, 0.25) is 5.91 Å². The first-order chi connectivity index (χ1) is 10.6. The Morgan fingerprint density at radius 2 is 1.78 bits per heavy atom. The molecular formula is C16H20Cl3NO3. The van der Waals surface area contributed by atoms with Gasteiger partial charge in [-0.2, -0.15) is 0 Å². The van der Waals surface area contributed by atoms with Gasteiger partial charge in [-0.15, -0.1) is 0 Å². The van der Waals surface area contributed by atoms with Gasteiger partial charge in [-0.1, -0.05) is 41.7 Å². The Balaban J connectivity index is 3.59. The molecule has 1 atom stereocenters. The molecule has 0 aliphatic carbocycles. The van der Waals surface area contributed by atoms with Crippen molar-refractivity contribution in [3.05, 3.63) is 26.7 Å². The Morgan fingerprint density at radius 3 is 2.17 bits per heavy atom. The Labute approximate surface area is 151 Å². The summed E-state index contributed by atoms with van der Waals surface area (Å²) in [5, 5.41) is 9.90. The molecule has 7 heteroatoms. The monoisotopic (exact) mass is 379 g/mol. The predicted molar refractivity (Wildman–Crippen MR) is 95.1 cm³/mol. The molecule has 1 N–H and O–H groups in total. The van der Waals surface area contributed by atoms with E-state index in [2.05, 4.69) is 0 Å². The predicted octanol–water partition coefficient (Wildman–Crippen LogP) is 5.38. The van der Waals surface area contributed by atoms with Crippen molar-refractivity contribution in [3.63, 3.8) is 0 Å². The maximum Gasteiger partial charge on any atom is 0.303 e. The van der Waals surface area contributed by atoms with E-state index in [-0.39, 0.29) is 34.3 Å². The van der Waals surface area contributed by atoms with Gasteiger partial charge in [0.25, 0.3) is 0 Å². The fraction of sp³-hybridized carbons (Fsp3) is 0.500. The molecule has 1 rings (SSSR count). The Hall–Kier alpha value is -0.970. The highest BCUT2D eigenvalue weighted by molar-refractivity contribution is 6.43. The average Bonchev–Trinajstić information content (AvgIpc) is 2.40. The lowest BCUT2D eigenvalue weighted by molar-refractivity contribution is -0.137. The standard InChI is InChI=1S/C16H20Cl3NO3/c1-5-10(6-13(22)23)14-11(17)7-12(18)16(15(14)19)20(8(2)3)9(4)21/h7-8,10H,5-6H2,1-4H3,(H,22,23). The van der Waals surface area contributed by atoms with Gasteiger partial charge in [0, 0.05) is 18.0 Å². The SMILES string of the molecule is CCC(CC(=O)O)c1c(Cl)cc(Cl)c(N(C(C)=O)C(C)C)c1Cl. The maximum absolute atomic E-state index is 12.0. The summed E-state index contributed by atoms with van der Waals surface area (Å²) in [7, 11) is 0. The minimum absolute atomic E-state index is 0.0985. The second-order valence-electron chi connectivity index (χ2n) is 5.60. The molecule has 0 radical (unpaired) electrons. The first-order valence-corrected chi connectivity index (χ1v) is 8.44. The van der Waals surface area contributed by atoms with Crippen LogP contribution in [-0.4, -0.2) is 23.0 Å². The third-order valence-corrected chi connectivity index (χ3v) is 4.58. The lowest BCUT2D eigenvalue weighted by Gasteiger charge is -2.30. The van der Waals surface area contributed by atoms with Crippen LogP contribution < -0.4 is 4.90 Å². The highest BCUT2D eigenvalue weighted by Crippen LogP contribution is 2.45. The minimum Gasteiger partial charge on any atom is -0.481 e. The van der Waals surface area contributed by atoms with E-state index in [1.54, 1.807) is 0 Å². The van der Waals surface area contributed by atoms with Gasteiger partial charge in [0.05, 0.1) is 22.2 Å². The fourth-order valence-electron chi connectivity index (χ4n) is 2.63. The van der Waals surface area contributed by atoms with E-state index in [0.29, 0.717) is 22.7 Å². The van der Waals surface area contributed by atoms with Crippen molar-refractivity contribution in [1.29, 1.82) is 0 Å². The zero-order valence-corrected chi connectivity index (χ0v) is 15.8. The molecule has 23 heavy (non-hydrogen) atoms. The zero-order chi connectivity index (χ0) is 17.9. The second kappa shape index (κ2) is 8.22. The Kier molecular flexibility index (Phi) is 7.18. The molecule has 0 spiro atoms. The molecular weight excluding hydrogens is 361 g/mol. The number of nitrogens with zero attached hydrogens (tertiary/aromatic N) is 1. The number of carboxylic acids is 1. The summed E-state index contributed by atoms with van der Waals surface area (Å²) < 4.78 is 0. The van der Waals surface area contributed by atoms with Crippen LogP contribution in [0.2, 0.25) is 15.1 Å². The van der Waals surface area contributed by atoms with Crippen molar-refractivity contribution in [2.45, 2.75) is 52.5 Å². The number of amides is 1. The summed E-state index contributed by atoms with van der Waals surface area (Å²) in [5.74, 6) is -1.50. The van der Waals surface area contributed by atoms with E-state index in [9.17, 15) is 9.59 Å². The largest absolute Gasteiger partial charge is 0.481 e. The second-order valence-corrected chi connectivity index (χ2v) is 6.79. The highest BCUT2D eigenvalue weighted by atomic mass is 35.5. The van der Waals surface area contributed by atoms with Gasteiger partial charge < -0.3 is 10.0 Å². The number of rotatable bonds is 6.